The fraction of sp³-hybridized carbons (Fsp3) is 0.478. The van der Waals surface area contributed by atoms with E-state index in [4.69, 9.17) is 17.3 Å². The van der Waals surface area contributed by atoms with Gasteiger partial charge in [0, 0.05) is 19.1 Å². The second-order valence-electron chi connectivity index (χ2n) is 8.84. The Bertz CT molecular complexity index is 1120. The molecule has 1 saturated carbocycles. The van der Waals surface area contributed by atoms with Crippen molar-refractivity contribution in [2.24, 2.45) is 11.1 Å². The smallest absolute Gasteiger partial charge is 0.272 e. The lowest BCUT2D eigenvalue weighted by Gasteiger charge is -2.36. The first-order valence-electron chi connectivity index (χ1n) is 11.1. The second kappa shape index (κ2) is 8.78. The van der Waals surface area contributed by atoms with Crippen molar-refractivity contribution in [2.45, 2.75) is 52.0 Å². The average molecular weight is 476 g/mol. The Kier molecular flexibility index (Phi) is 6.18. The number of hydrogen-bond donors (Lipinski definition) is 2. The number of anilines is 1. The summed E-state index contributed by atoms with van der Waals surface area (Å²) in [6, 6.07) is 2.78. The summed E-state index contributed by atoms with van der Waals surface area (Å²) in [5.41, 5.74) is 6.15. The summed E-state index contributed by atoms with van der Waals surface area (Å²) in [7, 11) is 0. The number of hydrogen-bond acceptors (Lipinski definition) is 4. The van der Waals surface area contributed by atoms with Crippen LogP contribution in [0, 0.1) is 18.2 Å². The molecular formula is C23H27ClFN5O3. The lowest BCUT2D eigenvalue weighted by molar-refractivity contribution is -0.127. The Balaban J connectivity index is 1.53. The van der Waals surface area contributed by atoms with Crippen molar-refractivity contribution in [3.63, 3.8) is 0 Å². The maximum absolute atomic E-state index is 13.8. The number of aromatic nitrogens is 2. The number of nitrogens with one attached hydrogen (secondary N) is 1. The lowest BCUT2D eigenvalue weighted by atomic mass is 9.71. The summed E-state index contributed by atoms with van der Waals surface area (Å²) in [6.07, 6.45) is 4.69. The Labute approximate surface area is 196 Å². The molecule has 1 aromatic heterocycles. The van der Waals surface area contributed by atoms with Crippen LogP contribution in [-0.4, -0.2) is 40.4 Å². The van der Waals surface area contributed by atoms with E-state index in [-0.39, 0.29) is 28.4 Å². The molecule has 3 N–H and O–H groups in total. The molecule has 1 saturated heterocycles. The molecule has 2 fully saturated rings. The summed E-state index contributed by atoms with van der Waals surface area (Å²) in [6.45, 7) is 4.36. The second-order valence-corrected chi connectivity index (χ2v) is 9.25. The van der Waals surface area contributed by atoms with Crippen LogP contribution in [0.3, 0.4) is 0 Å². The topological polar surface area (TPSA) is 110 Å². The number of benzene rings is 1. The van der Waals surface area contributed by atoms with Crippen molar-refractivity contribution in [1.82, 2.24) is 14.9 Å². The van der Waals surface area contributed by atoms with Gasteiger partial charge in [0.2, 0.25) is 5.91 Å². The number of primary amides is 1. The predicted octanol–water partition coefficient (Wildman–Crippen LogP) is 3.37. The number of nitrogens with two attached hydrogens (primary N) is 1. The van der Waals surface area contributed by atoms with Crippen LogP contribution in [0.25, 0.3) is 0 Å². The van der Waals surface area contributed by atoms with E-state index in [9.17, 15) is 18.8 Å². The lowest BCUT2D eigenvalue weighted by Crippen LogP contribution is -2.38. The highest BCUT2D eigenvalue weighted by Gasteiger charge is 2.49. The molecule has 10 heteroatoms. The highest BCUT2D eigenvalue weighted by atomic mass is 35.5. The minimum atomic E-state index is -0.710. The van der Waals surface area contributed by atoms with Gasteiger partial charge >= 0.3 is 0 Å². The van der Waals surface area contributed by atoms with Gasteiger partial charge in [0.15, 0.2) is 5.69 Å². The number of nitrogens with zero attached hydrogens (tertiary/aromatic N) is 3. The van der Waals surface area contributed by atoms with Gasteiger partial charge in [-0.1, -0.05) is 11.6 Å². The maximum atomic E-state index is 13.8. The van der Waals surface area contributed by atoms with Crippen molar-refractivity contribution in [3.8, 4) is 0 Å². The van der Waals surface area contributed by atoms with E-state index in [0.717, 1.165) is 0 Å². The molecule has 0 bridgehead atoms. The Morgan fingerprint density at radius 1 is 1.30 bits per heavy atom. The molecule has 1 aliphatic heterocycles. The molecule has 2 aliphatic rings. The number of carbonyl (C=O) groups is 3. The SMILES string of the molecule is CCNC(=O)c1ncn(C2CCC3(CC2)CCN(c2cc(C)c(F)cc2Cl)C3=O)c1C(N)=O. The molecule has 1 aliphatic carbocycles. The fourth-order valence-corrected chi connectivity index (χ4v) is 5.34. The zero-order valence-electron chi connectivity index (χ0n) is 18.7. The highest BCUT2D eigenvalue weighted by Crippen LogP contribution is 2.49. The standard InChI is InChI=1S/C23H27ClFN5O3/c1-3-27-21(32)18-19(20(26)31)30(12-28-18)14-4-6-23(7-5-14)8-9-29(22(23)33)17-10-13(2)16(25)11-15(17)24/h10-12,14H,3-9H2,1-2H3,(H2,26,31)(H,27,32). The zero-order valence-corrected chi connectivity index (χ0v) is 19.4. The number of rotatable bonds is 5. The van der Waals surface area contributed by atoms with E-state index in [1.54, 1.807) is 29.4 Å². The maximum Gasteiger partial charge on any atom is 0.272 e. The van der Waals surface area contributed by atoms with Crippen LogP contribution in [0.5, 0.6) is 0 Å². The van der Waals surface area contributed by atoms with E-state index in [1.807, 2.05) is 0 Å². The largest absolute Gasteiger partial charge is 0.364 e. The molecule has 2 heterocycles. The molecular weight excluding hydrogens is 449 g/mol. The normalized spacial score (nSPS) is 22.7. The Hall–Kier alpha value is -2.94. The van der Waals surface area contributed by atoms with Crippen LogP contribution < -0.4 is 16.0 Å². The number of aryl methyl sites for hydroxylation is 1. The first-order valence-corrected chi connectivity index (χ1v) is 11.5. The van der Waals surface area contributed by atoms with Crippen molar-refractivity contribution < 1.29 is 18.8 Å². The first-order chi connectivity index (χ1) is 15.7. The van der Waals surface area contributed by atoms with Crippen molar-refractivity contribution in [1.29, 1.82) is 0 Å². The molecule has 3 amide bonds. The Morgan fingerprint density at radius 3 is 2.64 bits per heavy atom. The third-order valence-electron chi connectivity index (χ3n) is 6.92. The van der Waals surface area contributed by atoms with Gasteiger partial charge in [0.25, 0.3) is 11.8 Å². The minimum absolute atomic E-state index is 0.00220. The van der Waals surface area contributed by atoms with Gasteiger partial charge in [0.05, 0.1) is 22.5 Å². The summed E-state index contributed by atoms with van der Waals surface area (Å²) in [5, 5.41) is 2.87. The quantitative estimate of drug-likeness (QED) is 0.690. The van der Waals surface area contributed by atoms with Gasteiger partial charge in [0.1, 0.15) is 11.5 Å². The summed E-state index contributed by atoms with van der Waals surface area (Å²) >= 11 is 6.25. The molecule has 2 aromatic rings. The van der Waals surface area contributed by atoms with Crippen LogP contribution in [0.2, 0.25) is 5.02 Å². The number of carbonyl (C=O) groups excluding carboxylic acids is 3. The molecule has 33 heavy (non-hydrogen) atoms. The summed E-state index contributed by atoms with van der Waals surface area (Å²) in [4.78, 5) is 43.6. The Morgan fingerprint density at radius 2 is 2.00 bits per heavy atom. The zero-order chi connectivity index (χ0) is 23.9. The molecule has 0 radical (unpaired) electrons. The van der Waals surface area contributed by atoms with Crippen LogP contribution in [-0.2, 0) is 4.79 Å². The molecule has 0 unspecified atom stereocenters. The predicted molar refractivity (Wildman–Crippen MR) is 122 cm³/mol. The van der Waals surface area contributed by atoms with Gasteiger partial charge in [-0.25, -0.2) is 9.37 Å². The molecule has 4 rings (SSSR count). The van der Waals surface area contributed by atoms with Gasteiger partial charge < -0.3 is 20.5 Å². The van der Waals surface area contributed by atoms with Gasteiger partial charge in [-0.05, 0) is 63.6 Å². The van der Waals surface area contributed by atoms with E-state index in [2.05, 4.69) is 10.3 Å². The molecule has 8 nitrogen and oxygen atoms in total. The summed E-state index contributed by atoms with van der Waals surface area (Å²) < 4.78 is 15.5. The van der Waals surface area contributed by atoms with Crippen molar-refractivity contribution >= 4 is 35.0 Å². The van der Waals surface area contributed by atoms with Crippen LogP contribution >= 0.6 is 11.6 Å². The van der Waals surface area contributed by atoms with Gasteiger partial charge in [-0.2, -0.15) is 0 Å². The molecule has 1 aromatic carbocycles. The molecule has 0 atom stereocenters. The van der Waals surface area contributed by atoms with Crippen LogP contribution in [0.15, 0.2) is 18.5 Å². The van der Waals surface area contributed by atoms with E-state index in [1.165, 1.54) is 12.4 Å². The van der Waals surface area contributed by atoms with E-state index < -0.39 is 23.0 Å². The van der Waals surface area contributed by atoms with Gasteiger partial charge in [-0.15, -0.1) is 0 Å². The molecule has 1 spiro atoms. The van der Waals surface area contributed by atoms with E-state index in [0.29, 0.717) is 56.4 Å². The van der Waals surface area contributed by atoms with Crippen LogP contribution in [0.4, 0.5) is 10.1 Å². The third kappa shape index (κ3) is 3.99. The summed E-state index contributed by atoms with van der Waals surface area (Å²) in [5.74, 6) is -1.55. The van der Waals surface area contributed by atoms with Crippen molar-refractivity contribution in [3.05, 3.63) is 46.3 Å². The highest BCUT2D eigenvalue weighted by molar-refractivity contribution is 6.34. The first kappa shape index (κ1) is 23.2. The third-order valence-corrected chi connectivity index (χ3v) is 7.22. The monoisotopic (exact) mass is 475 g/mol. The van der Waals surface area contributed by atoms with Gasteiger partial charge in [-0.3, -0.25) is 14.4 Å². The number of amides is 3. The minimum Gasteiger partial charge on any atom is -0.364 e. The molecule has 176 valence electrons. The van der Waals surface area contributed by atoms with Crippen LogP contribution in [0.1, 0.15) is 71.6 Å². The average Bonchev–Trinajstić information content (AvgIpc) is 3.35. The van der Waals surface area contributed by atoms with Crippen molar-refractivity contribution in [2.75, 3.05) is 18.0 Å². The number of halogens is 2. The number of imidazole rings is 1. The fourth-order valence-electron chi connectivity index (χ4n) is 5.09. The van der Waals surface area contributed by atoms with E-state index >= 15 is 0 Å².